The van der Waals surface area contributed by atoms with E-state index < -0.39 is 0 Å². The van der Waals surface area contributed by atoms with Crippen LogP contribution >= 0.6 is 0 Å². The number of H-pyrrole nitrogens is 2. The highest BCUT2D eigenvalue weighted by atomic mass is 14.9. The predicted molar refractivity (Wildman–Crippen MR) is 154 cm³/mol. The lowest BCUT2D eigenvalue weighted by atomic mass is 10.0. The van der Waals surface area contributed by atoms with Gasteiger partial charge in [0.2, 0.25) is 0 Å². The van der Waals surface area contributed by atoms with E-state index in [1.807, 2.05) is 0 Å². The Kier molecular flexibility index (Phi) is 10.4. The molecule has 0 fully saturated rings. The van der Waals surface area contributed by atoms with Gasteiger partial charge in [-0.3, -0.25) is 0 Å². The van der Waals surface area contributed by atoms with Crippen molar-refractivity contribution in [1.82, 2.24) is 19.9 Å². The molecule has 0 aliphatic heterocycles. The maximum atomic E-state index is 4.72. The molecule has 4 rings (SSSR count). The quantitative estimate of drug-likeness (QED) is 0.146. The topological polar surface area (TPSA) is 57.4 Å². The number of fused-ring (bicyclic) bond motifs is 2. The van der Waals surface area contributed by atoms with E-state index in [1.165, 1.54) is 112 Å². The van der Waals surface area contributed by atoms with Gasteiger partial charge in [0.25, 0.3) is 0 Å². The smallest absolute Gasteiger partial charge is 0.107 e. The highest BCUT2D eigenvalue weighted by Gasteiger charge is 2.04. The Morgan fingerprint density at radius 3 is 1.17 bits per heavy atom. The predicted octanol–water partition coefficient (Wildman–Crippen LogP) is 9.30. The summed E-state index contributed by atoms with van der Waals surface area (Å²) in [5, 5.41) is 0. The van der Waals surface area contributed by atoms with Crippen LogP contribution in [0, 0.1) is 13.8 Å². The van der Waals surface area contributed by atoms with Crippen molar-refractivity contribution in [3.05, 3.63) is 59.2 Å². The number of benzene rings is 2. The van der Waals surface area contributed by atoms with Crippen LogP contribution in [0.5, 0.6) is 0 Å². The number of unbranched alkanes of at least 4 members (excludes halogenated alkanes) is 13. The van der Waals surface area contributed by atoms with Crippen LogP contribution in [0.15, 0.2) is 36.4 Å². The summed E-state index contributed by atoms with van der Waals surface area (Å²) in [4.78, 5) is 16.4. The standard InChI is InChI=1S/C32H46N4/c1-25-19-21-27-29(23-25)35-31(33-27)17-15-13-11-9-7-5-3-4-6-8-10-12-14-16-18-32-34-28-22-20-26(2)24-30(28)36-32/h19-24H,3-18H2,1-2H3,(H,33,35)(H,34,36). The van der Waals surface area contributed by atoms with E-state index in [2.05, 4.69) is 60.2 Å². The Hall–Kier alpha value is -2.62. The van der Waals surface area contributed by atoms with E-state index in [0.29, 0.717) is 0 Å². The maximum Gasteiger partial charge on any atom is 0.107 e. The molecule has 4 heteroatoms. The molecule has 0 saturated heterocycles. The van der Waals surface area contributed by atoms with Crippen LogP contribution in [0.4, 0.5) is 0 Å². The van der Waals surface area contributed by atoms with Crippen LogP contribution in [0.25, 0.3) is 22.1 Å². The molecule has 36 heavy (non-hydrogen) atoms. The van der Waals surface area contributed by atoms with Gasteiger partial charge in [-0.1, -0.05) is 89.2 Å². The van der Waals surface area contributed by atoms with E-state index in [4.69, 9.17) is 9.97 Å². The zero-order chi connectivity index (χ0) is 25.0. The number of nitrogens with zero attached hydrogens (tertiary/aromatic N) is 2. The molecular weight excluding hydrogens is 440 g/mol. The van der Waals surface area contributed by atoms with Gasteiger partial charge in [0.05, 0.1) is 22.1 Å². The minimum Gasteiger partial charge on any atom is -0.342 e. The fourth-order valence-corrected chi connectivity index (χ4v) is 5.30. The molecule has 0 bridgehead atoms. The lowest BCUT2D eigenvalue weighted by Crippen LogP contribution is -1.89. The first-order valence-electron chi connectivity index (χ1n) is 14.6. The summed E-state index contributed by atoms with van der Waals surface area (Å²) in [7, 11) is 0. The average Bonchev–Trinajstić information content (AvgIpc) is 3.46. The summed E-state index contributed by atoms with van der Waals surface area (Å²) in [5.74, 6) is 2.30. The number of hydrogen-bond acceptors (Lipinski definition) is 2. The molecule has 2 N–H and O–H groups in total. The molecule has 0 spiro atoms. The second-order valence-electron chi connectivity index (χ2n) is 10.9. The molecule has 0 radical (unpaired) electrons. The number of aromatic amines is 2. The van der Waals surface area contributed by atoms with Crippen molar-refractivity contribution < 1.29 is 0 Å². The second-order valence-corrected chi connectivity index (χ2v) is 10.9. The number of aromatic nitrogens is 4. The third-order valence-corrected chi connectivity index (χ3v) is 7.45. The molecule has 2 aromatic carbocycles. The zero-order valence-electron chi connectivity index (χ0n) is 22.7. The number of aryl methyl sites for hydroxylation is 4. The maximum absolute atomic E-state index is 4.72. The molecule has 0 aliphatic carbocycles. The Labute approximate surface area is 217 Å². The average molecular weight is 487 g/mol. The van der Waals surface area contributed by atoms with Crippen LogP contribution in [-0.2, 0) is 12.8 Å². The van der Waals surface area contributed by atoms with Crippen LogP contribution in [-0.4, -0.2) is 19.9 Å². The Morgan fingerprint density at radius 1 is 0.472 bits per heavy atom. The molecular formula is C32H46N4. The zero-order valence-corrected chi connectivity index (χ0v) is 22.7. The van der Waals surface area contributed by atoms with Crippen molar-refractivity contribution in [1.29, 1.82) is 0 Å². The Bertz CT molecular complexity index is 1090. The lowest BCUT2D eigenvalue weighted by Gasteiger charge is -2.03. The second kappa shape index (κ2) is 14.2. The summed E-state index contributed by atoms with van der Waals surface area (Å²) in [6.45, 7) is 4.27. The van der Waals surface area contributed by atoms with Gasteiger partial charge in [-0.15, -0.1) is 0 Å². The molecule has 0 atom stereocenters. The van der Waals surface area contributed by atoms with Crippen molar-refractivity contribution >= 4 is 22.1 Å². The SMILES string of the molecule is Cc1ccc2nc(CCCCCCCCCCCCCCCCc3nc4ccc(C)cc4[nH]3)[nH]c2c1. The van der Waals surface area contributed by atoms with Crippen molar-refractivity contribution in [2.24, 2.45) is 0 Å². The van der Waals surface area contributed by atoms with Crippen molar-refractivity contribution in [2.45, 2.75) is 117 Å². The van der Waals surface area contributed by atoms with Gasteiger partial charge >= 0.3 is 0 Å². The molecule has 194 valence electrons. The van der Waals surface area contributed by atoms with E-state index in [9.17, 15) is 0 Å². The van der Waals surface area contributed by atoms with Crippen molar-refractivity contribution in [2.75, 3.05) is 0 Å². The highest BCUT2D eigenvalue weighted by Crippen LogP contribution is 2.18. The molecule has 2 heterocycles. The normalized spacial score (nSPS) is 11.7. The van der Waals surface area contributed by atoms with Crippen molar-refractivity contribution in [3.8, 4) is 0 Å². The highest BCUT2D eigenvalue weighted by molar-refractivity contribution is 5.76. The molecule has 0 amide bonds. The Balaban J connectivity index is 0.910. The van der Waals surface area contributed by atoms with Gasteiger partial charge in [-0.05, 0) is 62.1 Å². The van der Waals surface area contributed by atoms with Gasteiger partial charge in [0.1, 0.15) is 11.6 Å². The molecule has 0 saturated carbocycles. The first-order valence-corrected chi connectivity index (χ1v) is 14.6. The van der Waals surface area contributed by atoms with Crippen molar-refractivity contribution in [3.63, 3.8) is 0 Å². The van der Waals surface area contributed by atoms with E-state index in [-0.39, 0.29) is 0 Å². The van der Waals surface area contributed by atoms with E-state index >= 15 is 0 Å². The van der Waals surface area contributed by atoms with Gasteiger partial charge in [-0.25, -0.2) is 9.97 Å². The Morgan fingerprint density at radius 2 is 0.806 bits per heavy atom. The summed E-state index contributed by atoms with van der Waals surface area (Å²) in [5.41, 5.74) is 7.14. The lowest BCUT2D eigenvalue weighted by molar-refractivity contribution is 0.532. The monoisotopic (exact) mass is 486 g/mol. The molecule has 2 aromatic heterocycles. The first kappa shape index (κ1) is 26.4. The summed E-state index contributed by atoms with van der Waals surface area (Å²) < 4.78 is 0. The van der Waals surface area contributed by atoms with Gasteiger partial charge < -0.3 is 9.97 Å². The third kappa shape index (κ3) is 8.50. The number of nitrogens with one attached hydrogen (secondary N) is 2. The molecule has 4 nitrogen and oxygen atoms in total. The minimum atomic E-state index is 1.08. The van der Waals surface area contributed by atoms with E-state index in [0.717, 1.165) is 35.5 Å². The summed E-state index contributed by atoms with van der Waals surface area (Å²) >= 11 is 0. The van der Waals surface area contributed by atoms with Crippen LogP contribution in [0.1, 0.15) is 113 Å². The first-order chi connectivity index (χ1) is 17.7. The molecule has 0 unspecified atom stereocenters. The van der Waals surface area contributed by atoms with Gasteiger partial charge in [-0.2, -0.15) is 0 Å². The van der Waals surface area contributed by atoms with Crippen LogP contribution in [0.3, 0.4) is 0 Å². The van der Waals surface area contributed by atoms with E-state index in [1.54, 1.807) is 0 Å². The molecule has 0 aliphatic rings. The fourth-order valence-electron chi connectivity index (χ4n) is 5.30. The minimum absolute atomic E-state index is 1.08. The fraction of sp³-hybridized carbons (Fsp3) is 0.562. The number of rotatable bonds is 17. The third-order valence-electron chi connectivity index (χ3n) is 7.45. The van der Waals surface area contributed by atoms with Crippen LogP contribution < -0.4 is 0 Å². The van der Waals surface area contributed by atoms with Gasteiger partial charge in [0, 0.05) is 12.8 Å². The number of hydrogen-bond donors (Lipinski definition) is 2. The van der Waals surface area contributed by atoms with Crippen LogP contribution in [0.2, 0.25) is 0 Å². The van der Waals surface area contributed by atoms with Gasteiger partial charge in [0.15, 0.2) is 0 Å². The molecule has 4 aromatic rings. The summed E-state index contributed by atoms with van der Waals surface area (Å²) in [6, 6.07) is 12.9. The largest absolute Gasteiger partial charge is 0.342 e. The number of imidazole rings is 2. The summed E-state index contributed by atoms with van der Waals surface area (Å²) in [6.07, 6.45) is 21.3.